The molecule has 6 heteroatoms. The van der Waals surface area contributed by atoms with E-state index in [1.54, 1.807) is 0 Å². The summed E-state index contributed by atoms with van der Waals surface area (Å²) >= 11 is 0. The van der Waals surface area contributed by atoms with E-state index >= 15 is 0 Å². The third-order valence-corrected chi connectivity index (χ3v) is 3.34. The molecule has 0 amide bonds. The van der Waals surface area contributed by atoms with Crippen molar-refractivity contribution >= 4 is 11.9 Å². The van der Waals surface area contributed by atoms with Crippen LogP contribution in [0.1, 0.15) is 19.3 Å². The summed E-state index contributed by atoms with van der Waals surface area (Å²) in [5.74, 6) is -1.76. The van der Waals surface area contributed by atoms with Crippen LogP contribution in [-0.2, 0) is 19.1 Å². The van der Waals surface area contributed by atoms with E-state index in [2.05, 4.69) is 4.90 Å². The van der Waals surface area contributed by atoms with E-state index in [9.17, 15) is 9.59 Å². The van der Waals surface area contributed by atoms with Gasteiger partial charge in [-0.1, -0.05) is 0 Å². The van der Waals surface area contributed by atoms with Crippen molar-refractivity contribution in [1.82, 2.24) is 4.90 Å². The predicted molar refractivity (Wildman–Crippen MR) is 66.7 cm³/mol. The minimum absolute atomic E-state index is 0.315. The number of carboxylic acid groups (broad SMARTS) is 1. The maximum Gasteiger partial charge on any atom is 0.331 e. The van der Waals surface area contributed by atoms with Gasteiger partial charge in [-0.05, 0) is 19.3 Å². The number of aliphatic carboxylic acids is 1. The van der Waals surface area contributed by atoms with Gasteiger partial charge in [0.05, 0.1) is 18.8 Å². The predicted octanol–water partition coefficient (Wildman–Crippen LogP) is 0.424. The van der Waals surface area contributed by atoms with Crippen LogP contribution in [0, 0.1) is 0 Å². The molecule has 2 bridgehead atoms. The summed E-state index contributed by atoms with van der Waals surface area (Å²) in [5.41, 5.74) is 0. The number of carboxylic acids is 1. The summed E-state index contributed by atoms with van der Waals surface area (Å²) in [7, 11) is 0. The summed E-state index contributed by atoms with van der Waals surface area (Å²) in [6.45, 7) is 3.12. The first-order chi connectivity index (χ1) is 9.13. The van der Waals surface area contributed by atoms with Crippen LogP contribution in [0.2, 0.25) is 0 Å². The van der Waals surface area contributed by atoms with Gasteiger partial charge in [-0.3, -0.25) is 4.90 Å². The third-order valence-electron chi connectivity index (χ3n) is 3.34. The van der Waals surface area contributed by atoms with Gasteiger partial charge in [-0.25, -0.2) is 9.59 Å². The largest absolute Gasteiger partial charge is 0.478 e. The first-order valence-electron chi connectivity index (χ1n) is 6.59. The van der Waals surface area contributed by atoms with E-state index in [4.69, 9.17) is 14.6 Å². The van der Waals surface area contributed by atoms with Crippen LogP contribution in [0.3, 0.4) is 0 Å². The highest BCUT2D eigenvalue weighted by Crippen LogP contribution is 2.26. The number of morpholine rings is 1. The Morgan fingerprint density at radius 3 is 2.58 bits per heavy atom. The average molecular weight is 269 g/mol. The van der Waals surface area contributed by atoms with Gasteiger partial charge in [0, 0.05) is 31.8 Å². The van der Waals surface area contributed by atoms with Crippen molar-refractivity contribution in [3.8, 4) is 0 Å². The van der Waals surface area contributed by atoms with Gasteiger partial charge in [0.25, 0.3) is 0 Å². The number of hydrogen-bond donors (Lipinski definition) is 1. The number of carbonyl (C=O) groups is 2. The van der Waals surface area contributed by atoms with Crippen LogP contribution in [-0.4, -0.2) is 60.4 Å². The summed E-state index contributed by atoms with van der Waals surface area (Å²) in [4.78, 5) is 23.6. The van der Waals surface area contributed by atoms with Crippen molar-refractivity contribution in [3.05, 3.63) is 12.2 Å². The standard InChI is InChI=1S/C13H19NO5/c15-12(16)4-5-13(17)18-7-1-6-14-8-10-2-3-11(9-14)19-10/h4-5,10-11H,1-3,6-9H2,(H,15,16)/b5-4+. The van der Waals surface area contributed by atoms with Gasteiger partial charge in [0.1, 0.15) is 0 Å². The molecule has 0 aromatic rings. The lowest BCUT2D eigenvalue weighted by Gasteiger charge is -2.31. The molecule has 19 heavy (non-hydrogen) atoms. The molecule has 2 unspecified atom stereocenters. The van der Waals surface area contributed by atoms with Crippen molar-refractivity contribution in [2.45, 2.75) is 31.5 Å². The zero-order chi connectivity index (χ0) is 13.7. The highest BCUT2D eigenvalue weighted by molar-refractivity contribution is 5.90. The van der Waals surface area contributed by atoms with Gasteiger partial charge in [0.15, 0.2) is 0 Å². The molecule has 0 aliphatic carbocycles. The molecule has 2 saturated heterocycles. The summed E-state index contributed by atoms with van der Waals surface area (Å²) in [5, 5.41) is 8.35. The van der Waals surface area contributed by atoms with Gasteiger partial charge >= 0.3 is 11.9 Å². The van der Waals surface area contributed by atoms with Crippen molar-refractivity contribution < 1.29 is 24.2 Å². The number of fused-ring (bicyclic) bond motifs is 2. The fourth-order valence-corrected chi connectivity index (χ4v) is 2.53. The van der Waals surface area contributed by atoms with Crippen LogP contribution in [0.4, 0.5) is 0 Å². The molecule has 2 heterocycles. The number of ether oxygens (including phenoxy) is 2. The molecular weight excluding hydrogens is 250 g/mol. The summed E-state index contributed by atoms with van der Waals surface area (Å²) < 4.78 is 10.6. The molecule has 2 atom stereocenters. The Labute approximate surface area is 112 Å². The molecule has 0 spiro atoms. The zero-order valence-electron chi connectivity index (χ0n) is 10.8. The molecule has 0 aromatic heterocycles. The Balaban J connectivity index is 1.57. The third kappa shape index (κ3) is 4.65. The number of esters is 1. The van der Waals surface area contributed by atoms with E-state index in [1.165, 1.54) is 0 Å². The molecular formula is C13H19NO5. The lowest BCUT2D eigenvalue weighted by molar-refractivity contribution is -0.139. The normalized spacial score (nSPS) is 26.7. The van der Waals surface area contributed by atoms with Crippen LogP contribution < -0.4 is 0 Å². The second kappa shape index (κ2) is 6.68. The van der Waals surface area contributed by atoms with Gasteiger partial charge < -0.3 is 14.6 Å². The Bertz CT molecular complexity index is 356. The fraction of sp³-hybridized carbons (Fsp3) is 0.692. The number of nitrogens with zero attached hydrogens (tertiary/aromatic N) is 1. The molecule has 0 saturated carbocycles. The lowest BCUT2D eigenvalue weighted by Crippen LogP contribution is -2.43. The van der Waals surface area contributed by atoms with E-state index in [0.717, 1.165) is 51.0 Å². The monoisotopic (exact) mass is 269 g/mol. The molecule has 0 radical (unpaired) electrons. The SMILES string of the molecule is O=C(O)/C=C/C(=O)OCCCN1CC2CCC(C1)O2. The molecule has 2 aliphatic rings. The average Bonchev–Trinajstić information content (AvgIpc) is 2.71. The number of hydrogen-bond acceptors (Lipinski definition) is 5. The van der Waals surface area contributed by atoms with Crippen molar-refractivity contribution in [2.75, 3.05) is 26.2 Å². The van der Waals surface area contributed by atoms with E-state index in [0.29, 0.717) is 18.8 Å². The maximum atomic E-state index is 11.1. The van der Waals surface area contributed by atoms with Crippen LogP contribution in [0.25, 0.3) is 0 Å². The highest BCUT2D eigenvalue weighted by atomic mass is 16.5. The molecule has 1 N–H and O–H groups in total. The van der Waals surface area contributed by atoms with Crippen LogP contribution in [0.15, 0.2) is 12.2 Å². The second-order valence-electron chi connectivity index (χ2n) is 4.91. The molecule has 6 nitrogen and oxygen atoms in total. The Hall–Kier alpha value is -1.40. The molecule has 2 aliphatic heterocycles. The van der Waals surface area contributed by atoms with Crippen LogP contribution in [0.5, 0.6) is 0 Å². The Kier molecular flexibility index (Phi) is 4.93. The minimum Gasteiger partial charge on any atom is -0.478 e. The molecule has 0 aromatic carbocycles. The first kappa shape index (κ1) is 14.0. The summed E-state index contributed by atoms with van der Waals surface area (Å²) in [6.07, 6.45) is 5.51. The Morgan fingerprint density at radius 1 is 1.26 bits per heavy atom. The van der Waals surface area contributed by atoms with E-state index in [1.807, 2.05) is 0 Å². The van der Waals surface area contributed by atoms with E-state index < -0.39 is 11.9 Å². The fourth-order valence-electron chi connectivity index (χ4n) is 2.53. The van der Waals surface area contributed by atoms with Crippen molar-refractivity contribution in [2.24, 2.45) is 0 Å². The number of likely N-dealkylation sites (tertiary alicyclic amines) is 1. The van der Waals surface area contributed by atoms with Crippen molar-refractivity contribution in [3.63, 3.8) is 0 Å². The van der Waals surface area contributed by atoms with Crippen LogP contribution >= 0.6 is 0 Å². The number of rotatable bonds is 6. The highest BCUT2D eigenvalue weighted by Gasteiger charge is 2.33. The molecule has 2 fully saturated rings. The van der Waals surface area contributed by atoms with Crippen molar-refractivity contribution in [1.29, 1.82) is 0 Å². The zero-order valence-corrected chi connectivity index (χ0v) is 10.8. The smallest absolute Gasteiger partial charge is 0.331 e. The quantitative estimate of drug-likeness (QED) is 0.428. The van der Waals surface area contributed by atoms with Gasteiger partial charge in [0.2, 0.25) is 0 Å². The van der Waals surface area contributed by atoms with E-state index in [-0.39, 0.29) is 0 Å². The second-order valence-corrected chi connectivity index (χ2v) is 4.91. The maximum absolute atomic E-state index is 11.1. The Morgan fingerprint density at radius 2 is 1.95 bits per heavy atom. The molecule has 2 rings (SSSR count). The lowest BCUT2D eigenvalue weighted by atomic mass is 10.2. The topological polar surface area (TPSA) is 76.1 Å². The van der Waals surface area contributed by atoms with Gasteiger partial charge in [-0.15, -0.1) is 0 Å². The van der Waals surface area contributed by atoms with Gasteiger partial charge in [-0.2, -0.15) is 0 Å². The summed E-state index contributed by atoms with van der Waals surface area (Å²) in [6, 6.07) is 0. The first-order valence-corrected chi connectivity index (χ1v) is 6.59. The minimum atomic E-state index is -1.15. The molecule has 106 valence electrons. The number of carbonyl (C=O) groups excluding carboxylic acids is 1.